The van der Waals surface area contributed by atoms with E-state index in [4.69, 9.17) is 9.47 Å². The zero-order chi connectivity index (χ0) is 16.9. The molecule has 5 heteroatoms. The summed E-state index contributed by atoms with van der Waals surface area (Å²) in [5, 5.41) is 2.72. The summed E-state index contributed by atoms with van der Waals surface area (Å²) in [5.41, 5.74) is 1.77. The Morgan fingerprint density at radius 2 is 2.08 bits per heavy atom. The summed E-state index contributed by atoms with van der Waals surface area (Å²) in [6.45, 7) is 3.14. The van der Waals surface area contributed by atoms with Gasteiger partial charge in [0.2, 0.25) is 0 Å². The number of hydrogen-bond donors (Lipinski definition) is 1. The van der Waals surface area contributed by atoms with E-state index < -0.39 is 0 Å². The molecule has 0 unspecified atom stereocenters. The average Bonchev–Trinajstić information content (AvgIpc) is 3.10. The van der Waals surface area contributed by atoms with E-state index in [1.807, 2.05) is 6.92 Å². The fraction of sp³-hybridized carbons (Fsp3) is 0.316. The summed E-state index contributed by atoms with van der Waals surface area (Å²) in [5.74, 6) is 0.0344. The van der Waals surface area contributed by atoms with E-state index in [1.54, 1.807) is 30.3 Å². The van der Waals surface area contributed by atoms with Crippen LogP contribution < -0.4 is 10.1 Å². The second kappa shape index (κ2) is 7.45. The second-order valence-corrected chi connectivity index (χ2v) is 5.88. The highest BCUT2D eigenvalue weighted by Crippen LogP contribution is 2.19. The van der Waals surface area contributed by atoms with Crippen LogP contribution in [0.5, 0.6) is 5.75 Å². The number of hydrogen-bond acceptors (Lipinski definition) is 3. The number of nitrogens with one attached hydrogen (secondary N) is 1. The number of ether oxygens (including phenoxy) is 2. The first-order valence-corrected chi connectivity index (χ1v) is 8.04. The van der Waals surface area contributed by atoms with Gasteiger partial charge in [-0.15, -0.1) is 0 Å². The minimum absolute atomic E-state index is 0.156. The van der Waals surface area contributed by atoms with Crippen molar-refractivity contribution < 1.29 is 18.7 Å². The number of benzene rings is 2. The van der Waals surface area contributed by atoms with Gasteiger partial charge in [0.15, 0.2) is 0 Å². The van der Waals surface area contributed by atoms with Gasteiger partial charge in [0.05, 0.1) is 6.10 Å². The van der Waals surface area contributed by atoms with Gasteiger partial charge in [0.25, 0.3) is 5.91 Å². The number of halogens is 1. The van der Waals surface area contributed by atoms with Crippen molar-refractivity contribution in [1.29, 1.82) is 0 Å². The zero-order valence-corrected chi connectivity index (χ0v) is 13.5. The normalized spacial score (nSPS) is 16.8. The van der Waals surface area contributed by atoms with Crippen LogP contribution in [0.3, 0.4) is 0 Å². The maximum absolute atomic E-state index is 13.3. The zero-order valence-electron chi connectivity index (χ0n) is 13.5. The number of anilines is 1. The van der Waals surface area contributed by atoms with Crippen molar-refractivity contribution in [2.45, 2.75) is 25.9 Å². The second-order valence-electron chi connectivity index (χ2n) is 5.88. The predicted octanol–water partition coefficient (Wildman–Crippen LogP) is 3.94. The van der Waals surface area contributed by atoms with E-state index in [0.717, 1.165) is 25.0 Å². The van der Waals surface area contributed by atoms with Crippen molar-refractivity contribution >= 4 is 11.6 Å². The first-order chi connectivity index (χ1) is 11.6. The minimum Gasteiger partial charge on any atom is -0.491 e. The molecule has 0 saturated carbocycles. The molecule has 1 heterocycles. The summed E-state index contributed by atoms with van der Waals surface area (Å²) in [4.78, 5) is 12.3. The molecule has 1 fully saturated rings. The summed E-state index contributed by atoms with van der Waals surface area (Å²) < 4.78 is 24.5. The van der Waals surface area contributed by atoms with Crippen LogP contribution in [0.4, 0.5) is 10.1 Å². The van der Waals surface area contributed by atoms with Crippen LogP contribution in [0.25, 0.3) is 0 Å². The van der Waals surface area contributed by atoms with Gasteiger partial charge >= 0.3 is 0 Å². The molecule has 1 amide bonds. The standard InChI is InChI=1S/C19H20FNO3/c1-13-4-7-15(20)11-18(13)21-19(22)14-5-8-16(9-6-14)24-12-17-3-2-10-23-17/h4-9,11,17H,2-3,10,12H2,1H3,(H,21,22)/t17-/m1/s1. The van der Waals surface area contributed by atoms with E-state index >= 15 is 0 Å². The third-order valence-corrected chi connectivity index (χ3v) is 4.02. The van der Waals surface area contributed by atoms with E-state index in [-0.39, 0.29) is 17.8 Å². The molecule has 0 bridgehead atoms. The highest BCUT2D eigenvalue weighted by Gasteiger charge is 2.16. The van der Waals surface area contributed by atoms with Crippen molar-refractivity contribution in [3.63, 3.8) is 0 Å². The highest BCUT2D eigenvalue weighted by atomic mass is 19.1. The van der Waals surface area contributed by atoms with Crippen LogP contribution in [0, 0.1) is 12.7 Å². The fourth-order valence-electron chi connectivity index (χ4n) is 2.59. The fourth-order valence-corrected chi connectivity index (χ4v) is 2.59. The molecule has 4 nitrogen and oxygen atoms in total. The van der Waals surface area contributed by atoms with Crippen molar-refractivity contribution in [2.24, 2.45) is 0 Å². The van der Waals surface area contributed by atoms with Crippen LogP contribution in [-0.2, 0) is 4.74 Å². The molecule has 2 aromatic carbocycles. The third kappa shape index (κ3) is 4.11. The molecule has 1 aliphatic heterocycles. The van der Waals surface area contributed by atoms with Crippen molar-refractivity contribution in [3.05, 3.63) is 59.4 Å². The Labute approximate surface area is 140 Å². The van der Waals surface area contributed by atoms with Gasteiger partial charge in [-0.25, -0.2) is 4.39 Å². The maximum atomic E-state index is 13.3. The summed E-state index contributed by atoms with van der Waals surface area (Å²) in [6, 6.07) is 11.2. The lowest BCUT2D eigenvalue weighted by molar-refractivity contribution is 0.0679. The molecule has 24 heavy (non-hydrogen) atoms. The minimum atomic E-state index is -0.381. The third-order valence-electron chi connectivity index (χ3n) is 4.02. The molecule has 0 radical (unpaired) electrons. The number of aryl methyl sites for hydroxylation is 1. The van der Waals surface area contributed by atoms with Crippen molar-refractivity contribution in [1.82, 2.24) is 0 Å². The van der Waals surface area contributed by atoms with Gasteiger partial charge in [0, 0.05) is 17.9 Å². The first kappa shape index (κ1) is 16.5. The van der Waals surface area contributed by atoms with Gasteiger partial charge in [0.1, 0.15) is 18.2 Å². The lowest BCUT2D eigenvalue weighted by Gasteiger charge is -2.12. The van der Waals surface area contributed by atoms with Crippen molar-refractivity contribution in [2.75, 3.05) is 18.5 Å². The van der Waals surface area contributed by atoms with Gasteiger partial charge < -0.3 is 14.8 Å². The van der Waals surface area contributed by atoms with Crippen LogP contribution in [0.15, 0.2) is 42.5 Å². The Morgan fingerprint density at radius 3 is 2.79 bits per heavy atom. The maximum Gasteiger partial charge on any atom is 0.255 e. The first-order valence-electron chi connectivity index (χ1n) is 8.04. The van der Waals surface area contributed by atoms with Crippen LogP contribution in [0.2, 0.25) is 0 Å². The molecule has 1 atom stereocenters. The van der Waals surface area contributed by atoms with Crippen LogP contribution in [-0.4, -0.2) is 25.2 Å². The average molecular weight is 329 g/mol. The SMILES string of the molecule is Cc1ccc(F)cc1NC(=O)c1ccc(OC[C@H]2CCCO2)cc1. The molecule has 2 aromatic rings. The predicted molar refractivity (Wildman–Crippen MR) is 90.0 cm³/mol. The Balaban J connectivity index is 1.59. The Morgan fingerprint density at radius 1 is 1.29 bits per heavy atom. The van der Waals surface area contributed by atoms with Crippen LogP contribution >= 0.6 is 0 Å². The number of rotatable bonds is 5. The van der Waals surface area contributed by atoms with Crippen molar-refractivity contribution in [3.8, 4) is 5.75 Å². The molecule has 0 aromatic heterocycles. The Kier molecular flexibility index (Phi) is 5.11. The van der Waals surface area contributed by atoms with Gasteiger partial charge in [-0.3, -0.25) is 4.79 Å². The molecule has 1 saturated heterocycles. The Hall–Kier alpha value is -2.40. The lowest BCUT2D eigenvalue weighted by Crippen LogP contribution is -2.16. The van der Waals surface area contributed by atoms with Gasteiger partial charge in [-0.05, 0) is 61.7 Å². The molecular weight excluding hydrogens is 309 g/mol. The molecule has 126 valence electrons. The van der Waals surface area contributed by atoms with E-state index in [9.17, 15) is 9.18 Å². The largest absolute Gasteiger partial charge is 0.491 e. The van der Waals surface area contributed by atoms with Crippen LogP contribution in [0.1, 0.15) is 28.8 Å². The highest BCUT2D eigenvalue weighted by molar-refractivity contribution is 6.04. The topological polar surface area (TPSA) is 47.6 Å². The molecule has 0 spiro atoms. The summed E-state index contributed by atoms with van der Waals surface area (Å²) in [6.07, 6.45) is 2.25. The monoisotopic (exact) mass is 329 g/mol. The number of amides is 1. The van der Waals surface area contributed by atoms with Gasteiger partial charge in [-0.1, -0.05) is 6.07 Å². The molecular formula is C19H20FNO3. The summed E-state index contributed by atoms with van der Waals surface area (Å²) in [7, 11) is 0. The van der Waals surface area contributed by atoms with E-state index in [0.29, 0.717) is 23.6 Å². The summed E-state index contributed by atoms with van der Waals surface area (Å²) >= 11 is 0. The quantitative estimate of drug-likeness (QED) is 0.904. The molecule has 1 N–H and O–H groups in total. The van der Waals surface area contributed by atoms with E-state index in [1.165, 1.54) is 12.1 Å². The number of carbonyl (C=O) groups excluding carboxylic acids is 1. The van der Waals surface area contributed by atoms with Gasteiger partial charge in [-0.2, -0.15) is 0 Å². The number of carbonyl (C=O) groups is 1. The lowest BCUT2D eigenvalue weighted by atomic mass is 10.1. The van der Waals surface area contributed by atoms with E-state index in [2.05, 4.69) is 5.32 Å². The Bertz CT molecular complexity index is 709. The molecule has 0 aliphatic carbocycles. The molecule has 1 aliphatic rings. The smallest absolute Gasteiger partial charge is 0.255 e. The molecule has 3 rings (SSSR count).